The van der Waals surface area contributed by atoms with E-state index in [4.69, 9.17) is 5.84 Å². The normalized spacial score (nSPS) is 10.4. The van der Waals surface area contributed by atoms with E-state index >= 15 is 0 Å². The Morgan fingerprint density at radius 2 is 2.00 bits per heavy atom. The Kier molecular flexibility index (Phi) is 3.89. The molecule has 4 nitrogen and oxygen atoms in total. The zero-order valence-electron chi connectivity index (χ0n) is 10.8. The van der Waals surface area contributed by atoms with Crippen LogP contribution in [-0.4, -0.2) is 9.97 Å². The van der Waals surface area contributed by atoms with Crippen LogP contribution in [0.5, 0.6) is 0 Å². The standard InChI is InChI=1S/C14H18N4/c1-3-12-9-14(18-15)17-13(16-12)8-11-7-5-4-6-10(11)2/h4-7,9H,3,8,15H2,1-2H3,(H,16,17,18). The number of nitrogen functional groups attached to an aromatic ring is 1. The van der Waals surface area contributed by atoms with Crippen molar-refractivity contribution in [3.05, 3.63) is 53.0 Å². The van der Waals surface area contributed by atoms with Gasteiger partial charge in [-0.3, -0.25) is 0 Å². The Morgan fingerprint density at radius 3 is 2.67 bits per heavy atom. The molecule has 0 unspecified atom stereocenters. The molecule has 0 fully saturated rings. The molecule has 0 bridgehead atoms. The number of aryl methyl sites for hydroxylation is 2. The lowest BCUT2D eigenvalue weighted by molar-refractivity contribution is 0.901. The molecule has 4 heteroatoms. The number of rotatable bonds is 4. The van der Waals surface area contributed by atoms with Crippen LogP contribution in [0.15, 0.2) is 30.3 Å². The molecule has 1 aromatic heterocycles. The first-order chi connectivity index (χ1) is 8.72. The Balaban J connectivity index is 2.31. The number of hydrogen-bond acceptors (Lipinski definition) is 4. The van der Waals surface area contributed by atoms with Crippen LogP contribution < -0.4 is 11.3 Å². The van der Waals surface area contributed by atoms with Gasteiger partial charge in [0.1, 0.15) is 11.6 Å². The monoisotopic (exact) mass is 242 g/mol. The van der Waals surface area contributed by atoms with Gasteiger partial charge >= 0.3 is 0 Å². The van der Waals surface area contributed by atoms with Crippen LogP contribution in [0, 0.1) is 6.92 Å². The van der Waals surface area contributed by atoms with Gasteiger partial charge in [-0.1, -0.05) is 31.2 Å². The van der Waals surface area contributed by atoms with E-state index < -0.39 is 0 Å². The summed E-state index contributed by atoms with van der Waals surface area (Å²) >= 11 is 0. The van der Waals surface area contributed by atoms with Crippen LogP contribution >= 0.6 is 0 Å². The van der Waals surface area contributed by atoms with Crippen molar-refractivity contribution in [3.8, 4) is 0 Å². The molecule has 0 atom stereocenters. The first-order valence-corrected chi connectivity index (χ1v) is 6.11. The smallest absolute Gasteiger partial charge is 0.143 e. The summed E-state index contributed by atoms with van der Waals surface area (Å²) in [5, 5.41) is 0. The lowest BCUT2D eigenvalue weighted by Gasteiger charge is -2.08. The molecule has 0 saturated carbocycles. The average molecular weight is 242 g/mol. The lowest BCUT2D eigenvalue weighted by atomic mass is 10.1. The van der Waals surface area contributed by atoms with Crippen LogP contribution in [0.4, 0.5) is 5.82 Å². The molecule has 0 saturated heterocycles. The number of aromatic nitrogens is 2. The van der Waals surface area contributed by atoms with Gasteiger partial charge in [0.25, 0.3) is 0 Å². The van der Waals surface area contributed by atoms with Crippen molar-refractivity contribution in [2.45, 2.75) is 26.7 Å². The third kappa shape index (κ3) is 2.84. The number of benzene rings is 1. The highest BCUT2D eigenvalue weighted by Gasteiger charge is 2.05. The quantitative estimate of drug-likeness (QED) is 0.637. The highest BCUT2D eigenvalue weighted by Crippen LogP contribution is 2.13. The van der Waals surface area contributed by atoms with Crippen LogP contribution in [0.2, 0.25) is 0 Å². The molecule has 0 aliphatic rings. The van der Waals surface area contributed by atoms with Crippen molar-refractivity contribution in [2.75, 3.05) is 5.43 Å². The topological polar surface area (TPSA) is 63.8 Å². The average Bonchev–Trinajstić information content (AvgIpc) is 2.41. The first kappa shape index (κ1) is 12.5. The van der Waals surface area contributed by atoms with Crippen molar-refractivity contribution in [1.82, 2.24) is 9.97 Å². The summed E-state index contributed by atoms with van der Waals surface area (Å²) < 4.78 is 0. The number of nitrogens with zero attached hydrogens (tertiary/aromatic N) is 2. The number of hydrazine groups is 1. The Labute approximate surface area is 107 Å². The third-order valence-electron chi connectivity index (χ3n) is 2.95. The molecule has 0 spiro atoms. The van der Waals surface area contributed by atoms with Gasteiger partial charge < -0.3 is 5.43 Å². The van der Waals surface area contributed by atoms with Gasteiger partial charge in [0.2, 0.25) is 0 Å². The molecule has 94 valence electrons. The van der Waals surface area contributed by atoms with Gasteiger partial charge in [-0.15, -0.1) is 0 Å². The van der Waals surface area contributed by atoms with E-state index in [1.54, 1.807) is 0 Å². The summed E-state index contributed by atoms with van der Waals surface area (Å²) in [5.41, 5.74) is 6.09. The SMILES string of the molecule is CCc1cc(NN)nc(Cc2ccccc2C)n1. The lowest BCUT2D eigenvalue weighted by Crippen LogP contribution is -2.12. The maximum absolute atomic E-state index is 5.43. The molecular formula is C14H18N4. The molecular weight excluding hydrogens is 224 g/mol. The van der Waals surface area contributed by atoms with E-state index in [0.29, 0.717) is 5.82 Å². The largest absolute Gasteiger partial charge is 0.308 e. The summed E-state index contributed by atoms with van der Waals surface area (Å²) in [6.45, 7) is 4.17. The highest BCUT2D eigenvalue weighted by molar-refractivity contribution is 5.36. The summed E-state index contributed by atoms with van der Waals surface area (Å²) in [4.78, 5) is 8.92. The zero-order chi connectivity index (χ0) is 13.0. The Bertz CT molecular complexity index is 515. The fourth-order valence-electron chi connectivity index (χ4n) is 1.87. The third-order valence-corrected chi connectivity index (χ3v) is 2.95. The maximum atomic E-state index is 5.43. The maximum Gasteiger partial charge on any atom is 0.143 e. The van der Waals surface area contributed by atoms with Gasteiger partial charge in [-0.05, 0) is 24.5 Å². The molecule has 0 radical (unpaired) electrons. The summed E-state index contributed by atoms with van der Waals surface area (Å²) in [7, 11) is 0. The molecule has 3 N–H and O–H groups in total. The van der Waals surface area contributed by atoms with Crippen LogP contribution in [0.3, 0.4) is 0 Å². The summed E-state index contributed by atoms with van der Waals surface area (Å²) in [6.07, 6.45) is 1.60. The van der Waals surface area contributed by atoms with Gasteiger partial charge in [-0.25, -0.2) is 15.8 Å². The van der Waals surface area contributed by atoms with Crippen LogP contribution in [0.25, 0.3) is 0 Å². The second-order valence-electron chi connectivity index (χ2n) is 4.26. The number of nitrogens with one attached hydrogen (secondary N) is 1. The first-order valence-electron chi connectivity index (χ1n) is 6.11. The van der Waals surface area contributed by atoms with E-state index in [2.05, 4.69) is 41.4 Å². The molecule has 0 amide bonds. The van der Waals surface area contributed by atoms with Gasteiger partial charge in [-0.2, -0.15) is 0 Å². The molecule has 2 rings (SSSR count). The van der Waals surface area contributed by atoms with Crippen LogP contribution in [0.1, 0.15) is 29.6 Å². The second-order valence-corrected chi connectivity index (χ2v) is 4.26. The van der Waals surface area contributed by atoms with Gasteiger partial charge in [0.05, 0.1) is 0 Å². The van der Waals surface area contributed by atoms with E-state index in [1.165, 1.54) is 11.1 Å². The van der Waals surface area contributed by atoms with E-state index in [1.807, 2.05) is 18.2 Å². The second kappa shape index (κ2) is 5.60. The van der Waals surface area contributed by atoms with Crippen molar-refractivity contribution in [3.63, 3.8) is 0 Å². The highest BCUT2D eigenvalue weighted by atomic mass is 15.3. The molecule has 1 heterocycles. The van der Waals surface area contributed by atoms with Crippen LogP contribution in [-0.2, 0) is 12.8 Å². The van der Waals surface area contributed by atoms with Crippen molar-refractivity contribution in [1.29, 1.82) is 0 Å². The Morgan fingerprint density at radius 1 is 1.22 bits per heavy atom. The van der Waals surface area contributed by atoms with E-state index in [-0.39, 0.29) is 0 Å². The molecule has 1 aromatic carbocycles. The molecule has 18 heavy (non-hydrogen) atoms. The van der Waals surface area contributed by atoms with Crippen molar-refractivity contribution < 1.29 is 0 Å². The summed E-state index contributed by atoms with van der Waals surface area (Å²) in [6, 6.07) is 10.2. The van der Waals surface area contributed by atoms with Crippen molar-refractivity contribution in [2.24, 2.45) is 5.84 Å². The predicted octanol–water partition coefficient (Wildman–Crippen LogP) is 2.22. The van der Waals surface area contributed by atoms with Crippen molar-refractivity contribution >= 4 is 5.82 Å². The zero-order valence-corrected chi connectivity index (χ0v) is 10.8. The number of nitrogens with two attached hydrogens (primary N) is 1. The fourth-order valence-corrected chi connectivity index (χ4v) is 1.87. The minimum atomic E-state index is 0.672. The summed E-state index contributed by atoms with van der Waals surface area (Å²) in [5.74, 6) is 6.90. The Hall–Kier alpha value is -1.94. The fraction of sp³-hybridized carbons (Fsp3) is 0.286. The molecule has 0 aliphatic heterocycles. The number of hydrogen-bond donors (Lipinski definition) is 2. The van der Waals surface area contributed by atoms with Gasteiger partial charge in [0.15, 0.2) is 0 Å². The predicted molar refractivity (Wildman–Crippen MR) is 73.2 cm³/mol. The van der Waals surface area contributed by atoms with E-state index in [0.717, 1.165) is 24.4 Å². The minimum Gasteiger partial charge on any atom is -0.308 e. The van der Waals surface area contributed by atoms with Gasteiger partial charge in [0, 0.05) is 18.2 Å². The molecule has 0 aliphatic carbocycles. The molecule has 2 aromatic rings. The number of anilines is 1. The minimum absolute atomic E-state index is 0.672. The van der Waals surface area contributed by atoms with E-state index in [9.17, 15) is 0 Å².